The molecule has 0 amide bonds. The summed E-state index contributed by atoms with van der Waals surface area (Å²) < 4.78 is 0. The molecular weight excluding hydrogens is 360 g/mol. The SMILES string of the molecule is CCCCCCCCCCCCCCCc1c(S)cccc1C1=NCCCN1. The maximum Gasteiger partial charge on any atom is 0.128 e. The fourth-order valence-corrected chi connectivity index (χ4v) is 4.41. The highest BCUT2D eigenvalue weighted by atomic mass is 32.1. The highest BCUT2D eigenvalue weighted by molar-refractivity contribution is 7.80. The number of thiol groups is 1. The van der Waals surface area contributed by atoms with Crippen LogP contribution in [0.1, 0.15) is 108 Å². The van der Waals surface area contributed by atoms with Crippen molar-refractivity contribution in [3.8, 4) is 0 Å². The molecule has 1 heterocycles. The van der Waals surface area contributed by atoms with Crippen molar-refractivity contribution in [2.45, 2.75) is 108 Å². The van der Waals surface area contributed by atoms with E-state index in [1.807, 2.05) is 0 Å². The van der Waals surface area contributed by atoms with E-state index in [-0.39, 0.29) is 0 Å². The number of rotatable bonds is 15. The van der Waals surface area contributed by atoms with Crippen LogP contribution in [0.4, 0.5) is 0 Å². The van der Waals surface area contributed by atoms with Gasteiger partial charge in [-0.1, -0.05) is 96.1 Å². The third-order valence-electron chi connectivity index (χ3n) is 5.83. The average Bonchev–Trinajstić information content (AvgIpc) is 2.73. The summed E-state index contributed by atoms with van der Waals surface area (Å²) >= 11 is 4.72. The zero-order chi connectivity index (χ0) is 19.9. The minimum absolute atomic E-state index is 0.942. The molecule has 1 aliphatic heterocycles. The molecule has 158 valence electrons. The fourth-order valence-electron chi connectivity index (χ4n) is 4.09. The number of hydrogen-bond donors (Lipinski definition) is 2. The van der Waals surface area contributed by atoms with Gasteiger partial charge < -0.3 is 5.32 Å². The Hall–Kier alpha value is -0.960. The Kier molecular flexibility index (Phi) is 12.5. The third-order valence-corrected chi connectivity index (χ3v) is 6.25. The first-order chi connectivity index (χ1) is 13.8. The summed E-state index contributed by atoms with van der Waals surface area (Å²) in [5.74, 6) is 1.08. The first-order valence-electron chi connectivity index (χ1n) is 11.9. The minimum Gasteiger partial charge on any atom is -0.370 e. The van der Waals surface area contributed by atoms with Crippen molar-refractivity contribution in [3.05, 3.63) is 29.3 Å². The Balaban J connectivity index is 1.56. The molecule has 0 saturated heterocycles. The smallest absolute Gasteiger partial charge is 0.128 e. The second kappa shape index (κ2) is 15.0. The van der Waals surface area contributed by atoms with Gasteiger partial charge in [0.1, 0.15) is 5.84 Å². The van der Waals surface area contributed by atoms with E-state index in [1.54, 1.807) is 0 Å². The zero-order valence-electron chi connectivity index (χ0n) is 18.1. The second-order valence-corrected chi connectivity index (χ2v) is 8.79. The van der Waals surface area contributed by atoms with Gasteiger partial charge in [0.05, 0.1) is 0 Å². The summed E-state index contributed by atoms with van der Waals surface area (Å²) in [6.07, 6.45) is 20.5. The summed E-state index contributed by atoms with van der Waals surface area (Å²) in [7, 11) is 0. The average molecular weight is 403 g/mol. The predicted octanol–water partition coefficient (Wildman–Crippen LogP) is 7.35. The molecule has 0 unspecified atom stereocenters. The highest BCUT2D eigenvalue weighted by Gasteiger charge is 2.13. The van der Waals surface area contributed by atoms with Gasteiger partial charge in [-0.15, -0.1) is 12.6 Å². The summed E-state index contributed by atoms with van der Waals surface area (Å²) in [6, 6.07) is 6.42. The number of hydrogen-bond acceptors (Lipinski definition) is 3. The van der Waals surface area contributed by atoms with Crippen LogP contribution in [0.2, 0.25) is 0 Å². The predicted molar refractivity (Wildman–Crippen MR) is 127 cm³/mol. The Morgan fingerprint density at radius 1 is 0.857 bits per heavy atom. The first kappa shape index (κ1) is 23.3. The van der Waals surface area contributed by atoms with Crippen LogP contribution in [-0.4, -0.2) is 18.9 Å². The van der Waals surface area contributed by atoms with Crippen molar-refractivity contribution in [3.63, 3.8) is 0 Å². The number of nitrogens with one attached hydrogen (secondary N) is 1. The van der Waals surface area contributed by atoms with Crippen LogP contribution in [0.25, 0.3) is 0 Å². The molecule has 2 rings (SSSR count). The topological polar surface area (TPSA) is 24.4 Å². The number of benzene rings is 1. The lowest BCUT2D eigenvalue weighted by Gasteiger charge is -2.18. The van der Waals surface area contributed by atoms with Gasteiger partial charge in [0.15, 0.2) is 0 Å². The number of unbranched alkanes of at least 4 members (excludes halogenated alkanes) is 12. The minimum atomic E-state index is 0.942. The van der Waals surface area contributed by atoms with Gasteiger partial charge in [-0.25, -0.2) is 0 Å². The van der Waals surface area contributed by atoms with Gasteiger partial charge in [0, 0.05) is 23.5 Å². The van der Waals surface area contributed by atoms with Gasteiger partial charge in [-0.3, -0.25) is 4.99 Å². The molecule has 0 atom stereocenters. The van der Waals surface area contributed by atoms with Gasteiger partial charge in [-0.2, -0.15) is 0 Å². The molecule has 0 aromatic heterocycles. The quantitative estimate of drug-likeness (QED) is 0.232. The lowest BCUT2D eigenvalue weighted by atomic mass is 9.98. The Labute approximate surface area is 179 Å². The van der Waals surface area contributed by atoms with Crippen LogP contribution in [0, 0.1) is 0 Å². The first-order valence-corrected chi connectivity index (χ1v) is 12.4. The molecule has 0 aliphatic carbocycles. The molecule has 1 N–H and O–H groups in total. The summed E-state index contributed by atoms with van der Waals surface area (Å²) in [5.41, 5.74) is 2.65. The molecule has 0 spiro atoms. The van der Waals surface area contributed by atoms with Gasteiger partial charge in [0.25, 0.3) is 0 Å². The van der Waals surface area contributed by atoms with Crippen molar-refractivity contribution in [2.75, 3.05) is 13.1 Å². The Morgan fingerprint density at radius 2 is 1.46 bits per heavy atom. The Bertz CT molecular complexity index is 568. The van der Waals surface area contributed by atoms with E-state index in [0.29, 0.717) is 0 Å². The molecule has 0 bridgehead atoms. The van der Waals surface area contributed by atoms with Crippen LogP contribution in [0.3, 0.4) is 0 Å². The monoisotopic (exact) mass is 402 g/mol. The molecule has 1 aromatic rings. The van der Waals surface area contributed by atoms with Crippen LogP contribution >= 0.6 is 12.6 Å². The van der Waals surface area contributed by atoms with Gasteiger partial charge >= 0.3 is 0 Å². The van der Waals surface area contributed by atoms with Crippen molar-refractivity contribution in [2.24, 2.45) is 4.99 Å². The van der Waals surface area contributed by atoms with Crippen molar-refractivity contribution < 1.29 is 0 Å². The summed E-state index contributed by atoms with van der Waals surface area (Å²) in [5, 5.41) is 3.47. The van der Waals surface area contributed by atoms with E-state index in [1.165, 1.54) is 94.6 Å². The molecule has 0 radical (unpaired) electrons. The standard InChI is InChI=1S/C25H42N2S/c1-2-3-4-5-6-7-8-9-10-11-12-13-14-17-22-23(18-15-19-24(22)28)25-26-20-16-21-27-25/h15,18-19,28H,2-14,16-17,20-21H2,1H3,(H,26,27). The third kappa shape index (κ3) is 9.03. The van der Waals surface area contributed by atoms with Gasteiger partial charge in [-0.05, 0) is 30.9 Å². The van der Waals surface area contributed by atoms with Crippen molar-refractivity contribution in [1.29, 1.82) is 0 Å². The molecule has 2 nitrogen and oxygen atoms in total. The van der Waals surface area contributed by atoms with E-state index >= 15 is 0 Å². The van der Waals surface area contributed by atoms with Crippen LogP contribution in [0.5, 0.6) is 0 Å². The van der Waals surface area contributed by atoms with Crippen LogP contribution in [-0.2, 0) is 6.42 Å². The largest absolute Gasteiger partial charge is 0.370 e. The maximum atomic E-state index is 4.72. The van der Waals surface area contributed by atoms with E-state index in [4.69, 9.17) is 12.6 Å². The molecule has 1 aromatic carbocycles. The van der Waals surface area contributed by atoms with Crippen molar-refractivity contribution in [1.82, 2.24) is 5.32 Å². The summed E-state index contributed by atoms with van der Waals surface area (Å²) in [6.45, 7) is 4.27. The molecule has 0 fully saturated rings. The lowest BCUT2D eigenvalue weighted by molar-refractivity contribution is 0.539. The molecule has 28 heavy (non-hydrogen) atoms. The molecular formula is C25H42N2S. The van der Waals surface area contributed by atoms with Crippen LogP contribution < -0.4 is 5.32 Å². The van der Waals surface area contributed by atoms with E-state index < -0.39 is 0 Å². The molecule has 1 aliphatic rings. The zero-order valence-corrected chi connectivity index (χ0v) is 19.0. The number of aliphatic imine (C=N–C) groups is 1. The second-order valence-electron chi connectivity index (χ2n) is 8.31. The number of amidine groups is 1. The maximum absolute atomic E-state index is 4.72. The summed E-state index contributed by atoms with van der Waals surface area (Å²) in [4.78, 5) is 5.80. The van der Waals surface area contributed by atoms with E-state index in [2.05, 4.69) is 35.4 Å². The fraction of sp³-hybridized carbons (Fsp3) is 0.720. The van der Waals surface area contributed by atoms with Gasteiger partial charge in [0.2, 0.25) is 0 Å². The van der Waals surface area contributed by atoms with Crippen LogP contribution in [0.15, 0.2) is 28.1 Å². The Morgan fingerprint density at radius 3 is 2.04 bits per heavy atom. The van der Waals surface area contributed by atoms with Crippen molar-refractivity contribution >= 4 is 18.5 Å². The van der Waals surface area contributed by atoms with E-state index in [9.17, 15) is 0 Å². The van der Waals surface area contributed by atoms with E-state index in [0.717, 1.165) is 36.7 Å². The normalized spacial score (nSPS) is 14.0. The number of nitrogens with zero attached hydrogens (tertiary/aromatic N) is 1. The molecule has 0 saturated carbocycles. The highest BCUT2D eigenvalue weighted by Crippen LogP contribution is 2.22. The molecule has 3 heteroatoms. The lowest BCUT2D eigenvalue weighted by Crippen LogP contribution is -2.31.